The molecule has 0 aliphatic carbocycles. The average molecular weight is 592 g/mol. The van der Waals surface area contributed by atoms with Crippen LogP contribution in [0, 0.1) is 0 Å². The lowest BCUT2D eigenvalue weighted by Crippen LogP contribution is -2.50. The first-order valence-electron chi connectivity index (χ1n) is 13.2. The summed E-state index contributed by atoms with van der Waals surface area (Å²) in [6.07, 6.45) is 3.01. The first-order chi connectivity index (χ1) is 19.2. The highest BCUT2D eigenvalue weighted by atomic mass is 32.2. The maximum absolute atomic E-state index is 12.9. The summed E-state index contributed by atoms with van der Waals surface area (Å²) in [7, 11) is 3.96. The van der Waals surface area contributed by atoms with Crippen LogP contribution in [0.15, 0.2) is 23.2 Å². The number of hydrogen-bond donors (Lipinski definition) is 5. The number of carboxylic acids is 1. The van der Waals surface area contributed by atoms with Crippen LogP contribution in [0.2, 0.25) is 0 Å². The van der Waals surface area contributed by atoms with E-state index in [0.29, 0.717) is 34.5 Å². The smallest absolute Gasteiger partial charge is 0.329 e. The second kappa shape index (κ2) is 15.6. The van der Waals surface area contributed by atoms with Gasteiger partial charge >= 0.3 is 5.97 Å². The fourth-order valence-electron chi connectivity index (χ4n) is 3.88. The molecule has 1 aliphatic heterocycles. The number of nitrogens with zero attached hydrogens (tertiary/aromatic N) is 3. The SMILES string of the molecule is CCCNCC(=O)NC(CCCCN(C)C)C(=O)NCC(=O)Nc1ccc2nc(C3=NC(C(=O)O)CS3)sc2c1. The molecule has 40 heavy (non-hydrogen) atoms. The number of benzene rings is 1. The summed E-state index contributed by atoms with van der Waals surface area (Å²) >= 11 is 2.73. The fourth-order valence-corrected chi connectivity index (χ4v) is 5.98. The molecule has 2 aromatic rings. The summed E-state index contributed by atoms with van der Waals surface area (Å²) < 4.78 is 0.816. The monoisotopic (exact) mass is 591 g/mol. The Bertz CT molecular complexity index is 1230. The van der Waals surface area contributed by atoms with Gasteiger partial charge in [0, 0.05) is 11.4 Å². The van der Waals surface area contributed by atoms with Crippen LogP contribution in [0.5, 0.6) is 0 Å². The van der Waals surface area contributed by atoms with Gasteiger partial charge in [0.25, 0.3) is 0 Å². The topological polar surface area (TPSA) is 165 Å². The lowest BCUT2D eigenvalue weighted by Gasteiger charge is -2.19. The van der Waals surface area contributed by atoms with Crippen LogP contribution in [0.1, 0.15) is 37.6 Å². The molecule has 218 valence electrons. The molecule has 5 N–H and O–H groups in total. The number of aromatic nitrogens is 1. The van der Waals surface area contributed by atoms with E-state index in [1.165, 1.54) is 23.1 Å². The molecule has 1 aromatic heterocycles. The number of amides is 3. The van der Waals surface area contributed by atoms with Crippen LogP contribution in [0.3, 0.4) is 0 Å². The molecule has 3 amide bonds. The van der Waals surface area contributed by atoms with E-state index in [-0.39, 0.29) is 19.0 Å². The van der Waals surface area contributed by atoms with E-state index in [1.807, 2.05) is 21.0 Å². The molecule has 2 atom stereocenters. The van der Waals surface area contributed by atoms with E-state index in [1.54, 1.807) is 18.2 Å². The van der Waals surface area contributed by atoms with E-state index in [4.69, 9.17) is 5.11 Å². The zero-order valence-electron chi connectivity index (χ0n) is 23.0. The van der Waals surface area contributed by atoms with Crippen LogP contribution in [0.25, 0.3) is 10.2 Å². The summed E-state index contributed by atoms with van der Waals surface area (Å²) in [4.78, 5) is 59.8. The maximum Gasteiger partial charge on any atom is 0.329 e. The number of carbonyl (C=O) groups excluding carboxylic acids is 3. The molecule has 2 heterocycles. The van der Waals surface area contributed by atoms with Crippen LogP contribution in [-0.4, -0.2) is 102 Å². The van der Waals surface area contributed by atoms with Gasteiger partial charge in [-0.1, -0.05) is 6.92 Å². The van der Waals surface area contributed by atoms with Crippen LogP contribution in [-0.2, 0) is 19.2 Å². The zero-order chi connectivity index (χ0) is 29.1. The van der Waals surface area contributed by atoms with Crippen molar-refractivity contribution in [2.24, 2.45) is 4.99 Å². The van der Waals surface area contributed by atoms with Gasteiger partial charge in [0.15, 0.2) is 6.04 Å². The molecule has 0 spiro atoms. The third kappa shape index (κ3) is 9.84. The minimum atomic E-state index is -0.956. The van der Waals surface area contributed by atoms with Crippen molar-refractivity contribution in [3.8, 4) is 0 Å². The minimum Gasteiger partial charge on any atom is -0.480 e. The average Bonchev–Trinajstić information content (AvgIpc) is 3.56. The molecule has 0 bridgehead atoms. The fraction of sp³-hybridized carbons (Fsp3) is 0.538. The van der Waals surface area contributed by atoms with E-state index in [9.17, 15) is 19.2 Å². The Hall–Kier alpha value is -3.07. The molecule has 0 saturated heterocycles. The Morgan fingerprint density at radius 1 is 1.15 bits per heavy atom. The van der Waals surface area contributed by atoms with E-state index < -0.39 is 29.9 Å². The van der Waals surface area contributed by atoms with Gasteiger partial charge in [0.05, 0.1) is 23.3 Å². The molecular formula is C26H37N7O5S2. The van der Waals surface area contributed by atoms with Gasteiger partial charge in [-0.15, -0.1) is 23.1 Å². The number of anilines is 1. The molecule has 1 aliphatic rings. The highest BCUT2D eigenvalue weighted by Gasteiger charge is 2.27. The minimum absolute atomic E-state index is 0.129. The first-order valence-corrected chi connectivity index (χ1v) is 15.0. The second-order valence-corrected chi connectivity index (χ2v) is 11.7. The molecule has 3 rings (SSSR count). The number of carbonyl (C=O) groups is 4. The number of thiazole rings is 1. The van der Waals surface area contributed by atoms with Crippen molar-refractivity contribution < 1.29 is 24.3 Å². The number of nitrogens with one attached hydrogen (secondary N) is 4. The predicted octanol–water partition coefficient (Wildman–Crippen LogP) is 1.51. The van der Waals surface area contributed by atoms with Crippen molar-refractivity contribution in [2.75, 3.05) is 51.3 Å². The quantitative estimate of drug-likeness (QED) is 0.182. The third-order valence-corrected chi connectivity index (χ3v) is 8.14. The van der Waals surface area contributed by atoms with E-state index in [2.05, 4.69) is 36.1 Å². The molecule has 2 unspecified atom stereocenters. The predicted molar refractivity (Wildman–Crippen MR) is 159 cm³/mol. The van der Waals surface area contributed by atoms with Crippen molar-refractivity contribution in [2.45, 2.75) is 44.7 Å². The number of fused-ring (bicyclic) bond motifs is 1. The largest absolute Gasteiger partial charge is 0.480 e. The third-order valence-electron chi connectivity index (χ3n) is 5.93. The molecule has 0 fully saturated rings. The lowest BCUT2D eigenvalue weighted by molar-refractivity contribution is -0.137. The summed E-state index contributed by atoms with van der Waals surface area (Å²) in [6.45, 7) is 3.48. The van der Waals surface area contributed by atoms with Gasteiger partial charge in [-0.3, -0.25) is 19.4 Å². The molecule has 14 heteroatoms. The van der Waals surface area contributed by atoms with E-state index >= 15 is 0 Å². The summed E-state index contributed by atoms with van der Waals surface area (Å²) in [5.74, 6) is -1.64. The zero-order valence-corrected chi connectivity index (χ0v) is 24.6. The Labute approximate surface area is 241 Å². The van der Waals surface area contributed by atoms with E-state index in [0.717, 1.165) is 36.0 Å². The van der Waals surface area contributed by atoms with Crippen LogP contribution < -0.4 is 21.3 Å². The van der Waals surface area contributed by atoms with Gasteiger partial charge in [-0.05, 0) is 71.1 Å². The number of rotatable bonds is 16. The summed E-state index contributed by atoms with van der Waals surface area (Å²) in [5, 5.41) is 21.6. The van der Waals surface area contributed by atoms with Gasteiger partial charge in [0.2, 0.25) is 17.7 Å². The number of carboxylic acid groups (broad SMARTS) is 1. The Morgan fingerprint density at radius 2 is 1.95 bits per heavy atom. The molecule has 12 nitrogen and oxygen atoms in total. The van der Waals surface area contributed by atoms with Crippen molar-refractivity contribution in [3.05, 3.63) is 23.2 Å². The van der Waals surface area contributed by atoms with Gasteiger partial charge in [-0.25, -0.2) is 9.78 Å². The molecular weight excluding hydrogens is 554 g/mol. The Morgan fingerprint density at radius 3 is 2.65 bits per heavy atom. The second-order valence-electron chi connectivity index (χ2n) is 9.66. The van der Waals surface area contributed by atoms with Gasteiger partial charge in [0.1, 0.15) is 16.1 Å². The lowest BCUT2D eigenvalue weighted by atomic mass is 10.1. The molecule has 0 saturated carbocycles. The van der Waals surface area contributed by atoms with Crippen molar-refractivity contribution >= 4 is 67.7 Å². The number of aliphatic imine (C=N–C) groups is 1. The van der Waals surface area contributed by atoms with Crippen molar-refractivity contribution in [1.82, 2.24) is 25.8 Å². The van der Waals surface area contributed by atoms with Gasteiger partial charge < -0.3 is 31.3 Å². The van der Waals surface area contributed by atoms with Crippen LogP contribution in [0.4, 0.5) is 5.69 Å². The standard InChI is InChI=1S/C26H37N7O5S2/c1-4-10-27-13-21(34)30-18(7-5-6-11-33(2)3)23(36)28-14-22(35)29-16-8-9-17-20(12-16)40-25(31-17)24-32-19(15-39-24)26(37)38/h8-9,12,18-19,27H,4-7,10-11,13-15H2,1-3H3,(H,28,36)(H,29,35)(H,30,34)(H,37,38). The summed E-state index contributed by atoms with van der Waals surface area (Å²) in [5.41, 5.74) is 1.26. The Kier molecular flexibility index (Phi) is 12.3. The highest BCUT2D eigenvalue weighted by Crippen LogP contribution is 2.31. The van der Waals surface area contributed by atoms with Crippen molar-refractivity contribution in [3.63, 3.8) is 0 Å². The number of hydrogen-bond acceptors (Lipinski definition) is 10. The summed E-state index contributed by atoms with van der Waals surface area (Å²) in [6, 6.07) is 3.77. The van der Waals surface area contributed by atoms with Crippen molar-refractivity contribution in [1.29, 1.82) is 0 Å². The molecule has 0 radical (unpaired) electrons. The van der Waals surface area contributed by atoms with Crippen LogP contribution >= 0.6 is 23.1 Å². The number of thioether (sulfide) groups is 1. The Balaban J connectivity index is 1.54. The number of unbranched alkanes of at least 4 members (excludes halogenated alkanes) is 1. The first kappa shape index (κ1) is 31.5. The maximum atomic E-state index is 12.9. The normalized spacial score (nSPS) is 15.6. The molecule has 1 aromatic carbocycles. The van der Waals surface area contributed by atoms with Gasteiger partial charge in [-0.2, -0.15) is 0 Å². The number of aliphatic carboxylic acids is 1. The highest BCUT2D eigenvalue weighted by molar-refractivity contribution is 8.15.